The van der Waals surface area contributed by atoms with Crippen LogP contribution in [0.1, 0.15) is 0 Å². The van der Waals surface area contributed by atoms with E-state index in [9.17, 15) is 0 Å². The summed E-state index contributed by atoms with van der Waals surface area (Å²) in [5, 5.41) is 7.76. The van der Waals surface area contributed by atoms with Crippen LogP contribution >= 0.6 is 22.7 Å². The Morgan fingerprint density at radius 2 is 0.918 bits per heavy atom. The Kier molecular flexibility index (Phi) is 6.61. The molecule has 0 saturated carbocycles. The fourth-order valence-electron chi connectivity index (χ4n) is 7.46. The summed E-state index contributed by atoms with van der Waals surface area (Å²) in [7, 11) is 0. The van der Waals surface area contributed by atoms with E-state index in [1.54, 1.807) is 0 Å². The summed E-state index contributed by atoms with van der Waals surface area (Å²) in [4.78, 5) is 2.44. The monoisotopic (exact) mass is 659 g/mol. The molecule has 10 rings (SSSR count). The zero-order valence-corrected chi connectivity index (χ0v) is 28.1. The van der Waals surface area contributed by atoms with Crippen LogP contribution < -0.4 is 4.90 Å². The summed E-state index contributed by atoms with van der Waals surface area (Å²) >= 11 is 3.73. The quantitative estimate of drug-likeness (QED) is 0.178. The molecule has 2 aromatic heterocycles. The molecule has 2 heterocycles. The van der Waals surface area contributed by atoms with Crippen molar-refractivity contribution in [1.29, 1.82) is 0 Å². The topological polar surface area (TPSA) is 3.24 Å². The Labute approximate surface area is 292 Å². The van der Waals surface area contributed by atoms with E-state index in [-0.39, 0.29) is 0 Å². The lowest BCUT2D eigenvalue weighted by atomic mass is 9.97. The van der Waals surface area contributed by atoms with Gasteiger partial charge < -0.3 is 4.90 Å². The van der Waals surface area contributed by atoms with Gasteiger partial charge in [-0.15, -0.1) is 22.7 Å². The fourth-order valence-corrected chi connectivity index (χ4v) is 9.72. The molecule has 3 heteroatoms. The number of anilines is 3. The Morgan fingerprint density at radius 3 is 1.71 bits per heavy atom. The van der Waals surface area contributed by atoms with Crippen molar-refractivity contribution < 1.29 is 0 Å². The van der Waals surface area contributed by atoms with Crippen molar-refractivity contribution in [2.45, 2.75) is 0 Å². The van der Waals surface area contributed by atoms with Gasteiger partial charge in [0.15, 0.2) is 0 Å². The highest BCUT2D eigenvalue weighted by molar-refractivity contribution is 7.26. The van der Waals surface area contributed by atoms with E-state index in [0.29, 0.717) is 0 Å². The molecule has 0 aliphatic carbocycles. The minimum Gasteiger partial charge on any atom is -0.310 e. The van der Waals surface area contributed by atoms with Crippen molar-refractivity contribution in [2.24, 2.45) is 0 Å². The maximum atomic E-state index is 2.44. The maximum absolute atomic E-state index is 2.44. The van der Waals surface area contributed by atoms with Gasteiger partial charge in [-0.05, 0) is 87.6 Å². The van der Waals surface area contributed by atoms with E-state index >= 15 is 0 Å². The van der Waals surface area contributed by atoms with Crippen LogP contribution in [0.2, 0.25) is 0 Å². The van der Waals surface area contributed by atoms with Crippen LogP contribution in [0, 0.1) is 0 Å². The van der Waals surface area contributed by atoms with Gasteiger partial charge in [0, 0.05) is 51.7 Å². The first-order valence-electron chi connectivity index (χ1n) is 16.6. The highest BCUT2D eigenvalue weighted by atomic mass is 32.1. The molecule has 0 aliphatic heterocycles. The van der Waals surface area contributed by atoms with Crippen LogP contribution in [0.4, 0.5) is 17.1 Å². The van der Waals surface area contributed by atoms with Crippen molar-refractivity contribution in [3.63, 3.8) is 0 Å². The molecular weight excluding hydrogens is 631 g/mol. The predicted molar refractivity (Wildman–Crippen MR) is 215 cm³/mol. The second-order valence-corrected chi connectivity index (χ2v) is 14.7. The number of fused-ring (bicyclic) bond motifs is 7. The van der Waals surface area contributed by atoms with Crippen LogP contribution in [-0.4, -0.2) is 0 Å². The van der Waals surface area contributed by atoms with Crippen molar-refractivity contribution >= 4 is 90.9 Å². The third kappa shape index (κ3) is 4.66. The number of thiophene rings is 2. The molecule has 0 unspecified atom stereocenters. The first kappa shape index (κ1) is 28.3. The average Bonchev–Trinajstić information content (AvgIpc) is 3.74. The molecule has 230 valence electrons. The molecule has 0 amide bonds. The van der Waals surface area contributed by atoms with Crippen molar-refractivity contribution in [3.05, 3.63) is 176 Å². The second kappa shape index (κ2) is 11.5. The third-order valence-electron chi connectivity index (χ3n) is 9.67. The number of hydrogen-bond donors (Lipinski definition) is 0. The molecule has 0 saturated heterocycles. The van der Waals surface area contributed by atoms with Crippen LogP contribution in [0.25, 0.3) is 73.4 Å². The summed E-state index contributed by atoms with van der Waals surface area (Å²) < 4.78 is 5.25. The van der Waals surface area contributed by atoms with Gasteiger partial charge in [0.05, 0.1) is 5.69 Å². The first-order chi connectivity index (χ1) is 24.3. The predicted octanol–water partition coefficient (Wildman–Crippen LogP) is 14.4. The van der Waals surface area contributed by atoms with E-state index in [1.807, 2.05) is 22.7 Å². The van der Waals surface area contributed by atoms with Gasteiger partial charge in [-0.3, -0.25) is 0 Å². The molecule has 0 radical (unpaired) electrons. The molecule has 0 bridgehead atoms. The summed E-state index contributed by atoms with van der Waals surface area (Å²) in [5.74, 6) is 0. The van der Waals surface area contributed by atoms with E-state index < -0.39 is 0 Å². The van der Waals surface area contributed by atoms with Crippen LogP contribution in [0.3, 0.4) is 0 Å². The van der Waals surface area contributed by atoms with E-state index in [4.69, 9.17) is 0 Å². The zero-order valence-electron chi connectivity index (χ0n) is 26.5. The van der Waals surface area contributed by atoms with E-state index in [1.165, 1.54) is 79.1 Å². The van der Waals surface area contributed by atoms with Crippen molar-refractivity contribution in [3.8, 4) is 22.3 Å². The number of benzene rings is 8. The van der Waals surface area contributed by atoms with Gasteiger partial charge in [0.2, 0.25) is 0 Å². The third-order valence-corrected chi connectivity index (χ3v) is 11.9. The number of rotatable bonds is 5. The van der Waals surface area contributed by atoms with E-state index in [0.717, 1.165) is 11.4 Å². The van der Waals surface area contributed by atoms with Crippen LogP contribution in [0.5, 0.6) is 0 Å². The van der Waals surface area contributed by atoms with Gasteiger partial charge in [0.25, 0.3) is 0 Å². The maximum Gasteiger partial charge on any atom is 0.0554 e. The van der Waals surface area contributed by atoms with Crippen LogP contribution in [-0.2, 0) is 0 Å². The van der Waals surface area contributed by atoms with Crippen molar-refractivity contribution in [2.75, 3.05) is 4.90 Å². The summed E-state index contributed by atoms with van der Waals surface area (Å²) in [6.45, 7) is 0. The molecule has 8 aromatic carbocycles. The van der Waals surface area contributed by atoms with Gasteiger partial charge in [0.1, 0.15) is 0 Å². The normalized spacial score (nSPS) is 11.7. The first-order valence-corrected chi connectivity index (χ1v) is 18.2. The van der Waals surface area contributed by atoms with Gasteiger partial charge >= 0.3 is 0 Å². The van der Waals surface area contributed by atoms with Crippen LogP contribution in [0.15, 0.2) is 176 Å². The molecule has 49 heavy (non-hydrogen) atoms. The smallest absolute Gasteiger partial charge is 0.0554 e. The average molecular weight is 660 g/mol. The van der Waals surface area contributed by atoms with Gasteiger partial charge in [-0.2, -0.15) is 0 Å². The lowest BCUT2D eigenvalue weighted by Gasteiger charge is -2.27. The Balaban J connectivity index is 1.17. The fraction of sp³-hybridized carbons (Fsp3) is 0. The molecule has 1 nitrogen and oxygen atoms in total. The molecule has 0 fully saturated rings. The molecule has 10 aromatic rings. The minimum atomic E-state index is 1.13. The minimum absolute atomic E-state index is 1.13. The Hall–Kier alpha value is -5.74. The SMILES string of the molecule is c1cc(-c2cccc3ccccc23)cc(N(c2ccc(-c3cccc4sc5ccccc5c34)cc2)c2cccc3sc4ccccc4c23)c1. The molecular formula is C46H29NS2. The molecule has 0 atom stereocenters. The molecule has 0 N–H and O–H groups in total. The Bertz CT molecular complexity index is 2830. The van der Waals surface area contributed by atoms with E-state index in [2.05, 4.69) is 181 Å². The molecule has 0 aliphatic rings. The summed E-state index contributed by atoms with van der Waals surface area (Å²) in [6, 6.07) is 64.4. The Morgan fingerprint density at radius 1 is 0.347 bits per heavy atom. The zero-order chi connectivity index (χ0) is 32.3. The largest absolute Gasteiger partial charge is 0.310 e. The summed E-state index contributed by atoms with van der Waals surface area (Å²) in [6.07, 6.45) is 0. The number of nitrogens with zero attached hydrogens (tertiary/aromatic N) is 1. The highest BCUT2D eigenvalue weighted by Gasteiger charge is 2.20. The lowest BCUT2D eigenvalue weighted by molar-refractivity contribution is 1.30. The molecule has 0 spiro atoms. The van der Waals surface area contributed by atoms with Crippen molar-refractivity contribution in [1.82, 2.24) is 0 Å². The second-order valence-electron chi connectivity index (χ2n) is 12.5. The number of hydrogen-bond acceptors (Lipinski definition) is 3. The van der Waals surface area contributed by atoms with Gasteiger partial charge in [-0.25, -0.2) is 0 Å². The van der Waals surface area contributed by atoms with Gasteiger partial charge in [-0.1, -0.05) is 121 Å². The summed E-state index contributed by atoms with van der Waals surface area (Å²) in [5.41, 5.74) is 8.39. The lowest BCUT2D eigenvalue weighted by Crippen LogP contribution is -2.10. The highest BCUT2D eigenvalue weighted by Crippen LogP contribution is 2.46. The standard InChI is InChI=1S/C46H29NS2/c1-2-15-35-30(11-1)12-8-18-36(35)32-13-7-14-34(29-32)47(40-20-10-24-44-46(40)39-17-4-6-22-42(39)49-44)33-27-25-31(26-28-33)37-19-9-23-43-45(37)38-16-3-5-21-41(38)48-43/h1-29H.